The van der Waals surface area contributed by atoms with Crippen LogP contribution < -0.4 is 10.1 Å². The van der Waals surface area contributed by atoms with Crippen LogP contribution in [0.25, 0.3) is 0 Å². The molecule has 3 heteroatoms. The second kappa shape index (κ2) is 5.38. The Morgan fingerprint density at radius 3 is 2.80 bits per heavy atom. The van der Waals surface area contributed by atoms with Crippen LogP contribution in [0.2, 0.25) is 0 Å². The van der Waals surface area contributed by atoms with Crippen molar-refractivity contribution >= 4 is 12.4 Å². The second-order valence-electron chi connectivity index (χ2n) is 4.02. The fourth-order valence-corrected chi connectivity index (χ4v) is 1.80. The van der Waals surface area contributed by atoms with Gasteiger partial charge < -0.3 is 10.1 Å². The van der Waals surface area contributed by atoms with Crippen molar-refractivity contribution in [1.82, 2.24) is 5.32 Å². The summed E-state index contributed by atoms with van der Waals surface area (Å²) in [7, 11) is 0. The summed E-state index contributed by atoms with van der Waals surface area (Å²) in [4.78, 5) is 0. The molecule has 1 N–H and O–H groups in total. The van der Waals surface area contributed by atoms with Crippen molar-refractivity contribution < 1.29 is 4.74 Å². The van der Waals surface area contributed by atoms with E-state index in [-0.39, 0.29) is 18.5 Å². The van der Waals surface area contributed by atoms with E-state index in [0.29, 0.717) is 0 Å². The topological polar surface area (TPSA) is 21.3 Å². The second-order valence-corrected chi connectivity index (χ2v) is 4.02. The van der Waals surface area contributed by atoms with E-state index in [2.05, 4.69) is 37.4 Å². The summed E-state index contributed by atoms with van der Waals surface area (Å²) >= 11 is 0. The van der Waals surface area contributed by atoms with Gasteiger partial charge >= 0.3 is 0 Å². The standard InChI is InChI=1S/C12H17NO.ClH/c1-9(2)14-12-4-3-11-8-13-6-5-10(11)7-12;/h3-4,7,9,13H,5-6,8H2,1-2H3;1H. The predicted molar refractivity (Wildman–Crippen MR) is 64.9 cm³/mol. The van der Waals surface area contributed by atoms with Crippen molar-refractivity contribution in [2.75, 3.05) is 6.54 Å². The van der Waals surface area contributed by atoms with Gasteiger partial charge in [0, 0.05) is 6.54 Å². The Hall–Kier alpha value is -0.730. The number of rotatable bonds is 2. The first-order valence-electron chi connectivity index (χ1n) is 5.25. The SMILES string of the molecule is CC(C)Oc1ccc2c(c1)CCNC2.Cl. The molecule has 2 nitrogen and oxygen atoms in total. The van der Waals surface area contributed by atoms with E-state index >= 15 is 0 Å². The zero-order valence-electron chi connectivity index (χ0n) is 9.25. The molecule has 0 unspecified atom stereocenters. The summed E-state index contributed by atoms with van der Waals surface area (Å²) < 4.78 is 5.66. The molecule has 84 valence electrons. The van der Waals surface area contributed by atoms with Crippen LogP contribution in [0.1, 0.15) is 25.0 Å². The summed E-state index contributed by atoms with van der Waals surface area (Å²) in [6.07, 6.45) is 1.37. The lowest BCUT2D eigenvalue weighted by Gasteiger charge is -2.18. The summed E-state index contributed by atoms with van der Waals surface area (Å²) in [6, 6.07) is 6.40. The van der Waals surface area contributed by atoms with Crippen LogP contribution in [0.15, 0.2) is 18.2 Å². The molecule has 1 aromatic carbocycles. The fraction of sp³-hybridized carbons (Fsp3) is 0.500. The maximum Gasteiger partial charge on any atom is 0.119 e. The van der Waals surface area contributed by atoms with E-state index in [9.17, 15) is 0 Å². The zero-order chi connectivity index (χ0) is 9.97. The minimum Gasteiger partial charge on any atom is -0.491 e. The lowest BCUT2D eigenvalue weighted by molar-refractivity contribution is 0.242. The maximum absolute atomic E-state index is 5.66. The third-order valence-corrected chi connectivity index (χ3v) is 2.44. The smallest absolute Gasteiger partial charge is 0.119 e. The van der Waals surface area contributed by atoms with Gasteiger partial charge in [-0.1, -0.05) is 6.07 Å². The number of nitrogens with one attached hydrogen (secondary N) is 1. The average Bonchev–Trinajstić information content (AvgIpc) is 2.17. The summed E-state index contributed by atoms with van der Waals surface area (Å²) in [6.45, 7) is 6.19. The van der Waals surface area contributed by atoms with Crippen molar-refractivity contribution in [3.05, 3.63) is 29.3 Å². The molecule has 0 saturated heterocycles. The van der Waals surface area contributed by atoms with Crippen LogP contribution in [-0.4, -0.2) is 12.6 Å². The van der Waals surface area contributed by atoms with E-state index in [1.807, 2.05) is 0 Å². The molecule has 0 fully saturated rings. The highest BCUT2D eigenvalue weighted by atomic mass is 35.5. The van der Waals surface area contributed by atoms with Crippen LogP contribution in [-0.2, 0) is 13.0 Å². The number of hydrogen-bond acceptors (Lipinski definition) is 2. The van der Waals surface area contributed by atoms with Gasteiger partial charge in [-0.2, -0.15) is 0 Å². The van der Waals surface area contributed by atoms with Crippen molar-refractivity contribution in [2.45, 2.75) is 32.9 Å². The number of hydrogen-bond donors (Lipinski definition) is 1. The van der Waals surface area contributed by atoms with Gasteiger partial charge in [0.15, 0.2) is 0 Å². The van der Waals surface area contributed by atoms with Crippen molar-refractivity contribution in [3.8, 4) is 5.75 Å². The van der Waals surface area contributed by atoms with Gasteiger partial charge in [-0.3, -0.25) is 0 Å². The molecule has 2 rings (SSSR count). The lowest BCUT2D eigenvalue weighted by Crippen LogP contribution is -2.23. The largest absolute Gasteiger partial charge is 0.491 e. The highest BCUT2D eigenvalue weighted by Crippen LogP contribution is 2.21. The molecular weight excluding hydrogens is 210 g/mol. The Kier molecular flexibility index (Phi) is 4.43. The van der Waals surface area contributed by atoms with Gasteiger partial charge in [0.2, 0.25) is 0 Å². The van der Waals surface area contributed by atoms with Crippen molar-refractivity contribution in [2.24, 2.45) is 0 Å². The van der Waals surface area contributed by atoms with Crippen LogP contribution in [0.5, 0.6) is 5.75 Å². The van der Waals surface area contributed by atoms with Crippen molar-refractivity contribution in [1.29, 1.82) is 0 Å². The third-order valence-electron chi connectivity index (χ3n) is 2.44. The van der Waals surface area contributed by atoms with Gasteiger partial charge in [0.05, 0.1) is 6.10 Å². The zero-order valence-corrected chi connectivity index (χ0v) is 10.1. The van der Waals surface area contributed by atoms with Crippen LogP contribution in [0, 0.1) is 0 Å². The van der Waals surface area contributed by atoms with Crippen LogP contribution in [0.4, 0.5) is 0 Å². The highest BCUT2D eigenvalue weighted by Gasteiger charge is 2.09. The third kappa shape index (κ3) is 3.11. The van der Waals surface area contributed by atoms with Gasteiger partial charge in [0.1, 0.15) is 5.75 Å². The Labute approximate surface area is 97.4 Å². The van der Waals surface area contributed by atoms with Gasteiger partial charge in [-0.25, -0.2) is 0 Å². The predicted octanol–water partition coefficient (Wildman–Crippen LogP) is 2.54. The number of ether oxygens (including phenoxy) is 1. The molecule has 0 aromatic heterocycles. The maximum atomic E-state index is 5.66. The Balaban J connectivity index is 0.00000112. The van der Waals surface area contributed by atoms with Crippen molar-refractivity contribution in [3.63, 3.8) is 0 Å². The van der Waals surface area contributed by atoms with Gasteiger partial charge in [-0.15, -0.1) is 12.4 Å². The Bertz CT molecular complexity index is 325. The molecule has 0 aliphatic carbocycles. The molecule has 0 radical (unpaired) electrons. The molecule has 15 heavy (non-hydrogen) atoms. The van der Waals surface area contributed by atoms with E-state index in [1.165, 1.54) is 11.1 Å². The molecule has 0 amide bonds. The molecule has 1 aromatic rings. The summed E-state index contributed by atoms with van der Waals surface area (Å²) in [5.41, 5.74) is 2.84. The first-order chi connectivity index (χ1) is 6.75. The molecule has 0 bridgehead atoms. The monoisotopic (exact) mass is 227 g/mol. The fourth-order valence-electron chi connectivity index (χ4n) is 1.80. The summed E-state index contributed by atoms with van der Waals surface area (Å²) in [5.74, 6) is 1.00. The van der Waals surface area contributed by atoms with Crippen LogP contribution >= 0.6 is 12.4 Å². The first kappa shape index (κ1) is 12.3. The first-order valence-corrected chi connectivity index (χ1v) is 5.25. The van der Waals surface area contributed by atoms with E-state index in [0.717, 1.165) is 25.3 Å². The quantitative estimate of drug-likeness (QED) is 0.839. The molecular formula is C12H18ClNO. The Morgan fingerprint density at radius 2 is 2.07 bits per heavy atom. The Morgan fingerprint density at radius 1 is 1.27 bits per heavy atom. The average molecular weight is 228 g/mol. The molecule has 0 atom stereocenters. The van der Waals surface area contributed by atoms with E-state index < -0.39 is 0 Å². The van der Waals surface area contributed by atoms with Gasteiger partial charge in [0.25, 0.3) is 0 Å². The van der Waals surface area contributed by atoms with Gasteiger partial charge in [-0.05, 0) is 50.1 Å². The number of halogens is 1. The number of benzene rings is 1. The molecule has 1 aliphatic rings. The molecule has 0 spiro atoms. The number of fused-ring (bicyclic) bond motifs is 1. The van der Waals surface area contributed by atoms with Crippen LogP contribution in [0.3, 0.4) is 0 Å². The molecule has 1 heterocycles. The summed E-state index contributed by atoms with van der Waals surface area (Å²) in [5, 5.41) is 3.36. The minimum atomic E-state index is 0. The molecule has 0 saturated carbocycles. The highest BCUT2D eigenvalue weighted by molar-refractivity contribution is 5.85. The van der Waals surface area contributed by atoms with E-state index in [4.69, 9.17) is 4.74 Å². The van der Waals surface area contributed by atoms with E-state index in [1.54, 1.807) is 0 Å². The molecule has 1 aliphatic heterocycles. The minimum absolute atomic E-state index is 0. The normalized spacial score (nSPS) is 14.3. The lowest BCUT2D eigenvalue weighted by atomic mass is 10.0.